The van der Waals surface area contributed by atoms with Crippen LogP contribution in [0.3, 0.4) is 0 Å². The van der Waals surface area contributed by atoms with E-state index in [4.69, 9.17) is 5.73 Å². The Hall–Kier alpha value is -1.69. The van der Waals surface area contributed by atoms with Crippen LogP contribution in [0.15, 0.2) is 12.2 Å². The van der Waals surface area contributed by atoms with E-state index in [1.807, 2.05) is 19.0 Å². The summed E-state index contributed by atoms with van der Waals surface area (Å²) in [6.07, 6.45) is 7.49. The quantitative estimate of drug-likeness (QED) is 0.809. The molecule has 0 amide bonds. The molecule has 1 saturated carbocycles. The van der Waals surface area contributed by atoms with Crippen LogP contribution in [-0.2, 0) is 6.54 Å². The first-order valence-corrected chi connectivity index (χ1v) is 8.52. The highest BCUT2D eigenvalue weighted by molar-refractivity contribution is 5.32. The zero-order chi connectivity index (χ0) is 16.6. The summed E-state index contributed by atoms with van der Waals surface area (Å²) in [5, 5.41) is 0. The zero-order valence-electron chi connectivity index (χ0n) is 14.6. The summed E-state index contributed by atoms with van der Waals surface area (Å²) in [6.45, 7) is 6.30. The van der Waals surface area contributed by atoms with E-state index in [2.05, 4.69) is 45.9 Å². The van der Waals surface area contributed by atoms with Crippen molar-refractivity contribution in [3.8, 4) is 0 Å². The van der Waals surface area contributed by atoms with Crippen LogP contribution in [0.25, 0.3) is 0 Å². The summed E-state index contributed by atoms with van der Waals surface area (Å²) >= 11 is 0. The van der Waals surface area contributed by atoms with E-state index in [1.54, 1.807) is 0 Å². The van der Waals surface area contributed by atoms with Gasteiger partial charge in [0.2, 0.25) is 11.9 Å². The van der Waals surface area contributed by atoms with Crippen LogP contribution in [0.4, 0.5) is 11.9 Å². The maximum atomic E-state index is 5.85. The molecule has 1 aromatic heterocycles. The molecular weight excluding hydrogens is 288 g/mol. The normalized spacial score (nSPS) is 25.7. The Morgan fingerprint density at radius 3 is 2.52 bits per heavy atom. The Bertz CT molecular complexity index is 582. The van der Waals surface area contributed by atoms with Gasteiger partial charge < -0.3 is 10.6 Å². The van der Waals surface area contributed by atoms with Gasteiger partial charge in [0.1, 0.15) is 5.82 Å². The summed E-state index contributed by atoms with van der Waals surface area (Å²) in [6, 6.07) is 0.457. The van der Waals surface area contributed by atoms with Crippen LogP contribution < -0.4 is 10.6 Å². The molecule has 6 nitrogen and oxygen atoms in total. The first-order chi connectivity index (χ1) is 10.9. The lowest BCUT2D eigenvalue weighted by atomic mass is 9.92. The van der Waals surface area contributed by atoms with E-state index in [9.17, 15) is 0 Å². The van der Waals surface area contributed by atoms with E-state index >= 15 is 0 Å². The number of anilines is 2. The van der Waals surface area contributed by atoms with Gasteiger partial charge >= 0.3 is 0 Å². The predicted octanol–water partition coefficient (Wildman–Crippen LogP) is 1.94. The first-order valence-electron chi connectivity index (χ1n) is 8.52. The third kappa shape index (κ3) is 3.63. The van der Waals surface area contributed by atoms with E-state index in [0.29, 0.717) is 17.9 Å². The number of hydrogen-bond acceptors (Lipinski definition) is 6. The molecule has 0 saturated heterocycles. The molecule has 126 valence electrons. The van der Waals surface area contributed by atoms with Gasteiger partial charge in [-0.1, -0.05) is 12.2 Å². The van der Waals surface area contributed by atoms with Gasteiger partial charge in [0.25, 0.3) is 0 Å². The lowest BCUT2D eigenvalue weighted by molar-refractivity contribution is 0.163. The van der Waals surface area contributed by atoms with Crippen molar-refractivity contribution < 1.29 is 0 Å². The topological polar surface area (TPSA) is 71.2 Å². The van der Waals surface area contributed by atoms with Crippen molar-refractivity contribution in [2.75, 3.05) is 31.3 Å². The van der Waals surface area contributed by atoms with Crippen LogP contribution in [0, 0.1) is 17.8 Å². The molecule has 23 heavy (non-hydrogen) atoms. The fourth-order valence-corrected chi connectivity index (χ4v) is 3.74. The van der Waals surface area contributed by atoms with Crippen LogP contribution in [0.2, 0.25) is 0 Å². The number of hydrogen-bond donors (Lipinski definition) is 1. The molecule has 1 aromatic rings. The number of nitrogens with zero attached hydrogens (tertiary/aromatic N) is 5. The number of nitrogens with two attached hydrogens (primary N) is 1. The highest BCUT2D eigenvalue weighted by atomic mass is 15.3. The summed E-state index contributed by atoms with van der Waals surface area (Å²) in [4.78, 5) is 17.4. The van der Waals surface area contributed by atoms with E-state index in [0.717, 1.165) is 36.7 Å². The van der Waals surface area contributed by atoms with Crippen molar-refractivity contribution in [1.82, 2.24) is 19.9 Å². The van der Waals surface area contributed by atoms with Gasteiger partial charge in [-0.05, 0) is 44.4 Å². The third-order valence-corrected chi connectivity index (χ3v) is 5.05. The molecule has 0 radical (unpaired) electrons. The Labute approximate surface area is 138 Å². The fraction of sp³-hybridized carbons (Fsp3) is 0.706. The molecule has 1 heterocycles. The van der Waals surface area contributed by atoms with Crippen LogP contribution >= 0.6 is 0 Å². The highest BCUT2D eigenvalue weighted by Gasteiger charge is 2.36. The van der Waals surface area contributed by atoms with Gasteiger partial charge in [0.15, 0.2) is 0 Å². The molecule has 0 aliphatic heterocycles. The summed E-state index contributed by atoms with van der Waals surface area (Å²) in [5.74, 6) is 4.02. The fourth-order valence-electron chi connectivity index (χ4n) is 3.74. The number of aromatic nitrogens is 3. The van der Waals surface area contributed by atoms with Gasteiger partial charge in [-0.25, -0.2) is 0 Å². The number of rotatable bonds is 6. The SMILES string of the molecule is CC(C)N(Cc1nc(N)nc(N(C)C)n1)C[C@H]1C[C@H]2C=C[C@H]1C2. The van der Waals surface area contributed by atoms with Gasteiger partial charge in [-0.2, -0.15) is 15.0 Å². The lowest BCUT2D eigenvalue weighted by Gasteiger charge is -2.31. The second-order valence-electron chi connectivity index (χ2n) is 7.37. The standard InChI is InChI=1S/C17H28N6/c1-11(2)23(9-14-8-12-5-6-13(14)7-12)10-15-19-16(18)21-17(20-15)22(3)4/h5-6,11-14H,7-10H2,1-4H3,(H2,18,19,20,21)/t12-,13-,14+/m0/s1. The Morgan fingerprint density at radius 1 is 1.17 bits per heavy atom. The van der Waals surface area contributed by atoms with Gasteiger partial charge in [-0.3, -0.25) is 4.90 Å². The van der Waals surface area contributed by atoms with Crippen molar-refractivity contribution in [2.45, 2.75) is 39.3 Å². The average molecular weight is 316 g/mol. The molecule has 6 heteroatoms. The van der Waals surface area contributed by atoms with Gasteiger partial charge in [0, 0.05) is 26.7 Å². The van der Waals surface area contributed by atoms with Crippen molar-refractivity contribution in [3.63, 3.8) is 0 Å². The Balaban J connectivity index is 1.71. The number of allylic oxidation sites excluding steroid dienone is 2. The minimum absolute atomic E-state index is 0.297. The van der Waals surface area contributed by atoms with Crippen LogP contribution in [-0.4, -0.2) is 46.5 Å². The summed E-state index contributed by atoms with van der Waals surface area (Å²) in [7, 11) is 3.83. The minimum Gasteiger partial charge on any atom is -0.368 e. The predicted molar refractivity (Wildman–Crippen MR) is 93.0 cm³/mol. The van der Waals surface area contributed by atoms with Crippen molar-refractivity contribution in [1.29, 1.82) is 0 Å². The number of nitrogen functional groups attached to an aromatic ring is 1. The summed E-state index contributed by atoms with van der Waals surface area (Å²) in [5.41, 5.74) is 5.85. The van der Waals surface area contributed by atoms with E-state index < -0.39 is 0 Å². The average Bonchev–Trinajstić information content (AvgIpc) is 3.08. The molecule has 2 bridgehead atoms. The van der Waals surface area contributed by atoms with Gasteiger partial charge in [-0.15, -0.1) is 0 Å². The van der Waals surface area contributed by atoms with Crippen LogP contribution in [0.1, 0.15) is 32.5 Å². The molecule has 2 aliphatic carbocycles. The molecule has 0 spiro atoms. The first kappa shape index (κ1) is 16.2. The lowest BCUT2D eigenvalue weighted by Crippen LogP contribution is -2.36. The van der Waals surface area contributed by atoms with Crippen molar-refractivity contribution in [3.05, 3.63) is 18.0 Å². The van der Waals surface area contributed by atoms with E-state index in [-0.39, 0.29) is 0 Å². The van der Waals surface area contributed by atoms with Gasteiger partial charge in [0.05, 0.1) is 6.54 Å². The van der Waals surface area contributed by atoms with Crippen molar-refractivity contribution in [2.24, 2.45) is 17.8 Å². The molecular formula is C17H28N6. The summed E-state index contributed by atoms with van der Waals surface area (Å²) < 4.78 is 0. The van der Waals surface area contributed by atoms with Crippen molar-refractivity contribution >= 4 is 11.9 Å². The molecule has 2 aliphatic rings. The Kier molecular flexibility index (Phi) is 4.53. The maximum Gasteiger partial charge on any atom is 0.229 e. The molecule has 0 aromatic carbocycles. The smallest absolute Gasteiger partial charge is 0.229 e. The largest absolute Gasteiger partial charge is 0.368 e. The van der Waals surface area contributed by atoms with E-state index in [1.165, 1.54) is 12.8 Å². The number of fused-ring (bicyclic) bond motifs is 2. The minimum atomic E-state index is 0.297. The molecule has 3 rings (SSSR count). The molecule has 0 unspecified atom stereocenters. The third-order valence-electron chi connectivity index (χ3n) is 5.05. The Morgan fingerprint density at radius 2 is 1.96 bits per heavy atom. The second-order valence-corrected chi connectivity index (χ2v) is 7.37. The monoisotopic (exact) mass is 316 g/mol. The molecule has 2 N–H and O–H groups in total. The maximum absolute atomic E-state index is 5.85. The highest BCUT2D eigenvalue weighted by Crippen LogP contribution is 2.43. The zero-order valence-corrected chi connectivity index (χ0v) is 14.6. The second kappa shape index (κ2) is 6.43. The molecule has 1 fully saturated rings. The van der Waals surface area contributed by atoms with Crippen LogP contribution in [0.5, 0.6) is 0 Å². The molecule has 3 atom stereocenters.